The fourth-order valence-corrected chi connectivity index (χ4v) is 3.97. The van der Waals surface area contributed by atoms with Crippen LogP contribution < -0.4 is 15.8 Å². The van der Waals surface area contributed by atoms with Crippen molar-refractivity contribution < 1.29 is 18.7 Å². The molecular formula is C21H24FN3O3S. The zero-order valence-electron chi connectivity index (χ0n) is 16.0. The van der Waals surface area contributed by atoms with Crippen molar-refractivity contribution in [3.8, 4) is 11.5 Å². The van der Waals surface area contributed by atoms with E-state index in [2.05, 4.69) is 10.2 Å². The molecule has 6 nitrogen and oxygen atoms in total. The number of benzene rings is 2. The number of primary amides is 1. The van der Waals surface area contributed by atoms with E-state index in [-0.39, 0.29) is 18.3 Å². The number of halogens is 1. The molecule has 0 aliphatic carbocycles. The summed E-state index contributed by atoms with van der Waals surface area (Å²) >= 11 is 1.87. The smallest absolute Gasteiger partial charge is 0.240 e. The second-order valence-electron chi connectivity index (χ2n) is 6.82. The Bertz CT molecular complexity index is 824. The van der Waals surface area contributed by atoms with Gasteiger partial charge in [-0.1, -0.05) is 12.1 Å². The minimum Gasteiger partial charge on any atom is -0.457 e. The molecular weight excluding hydrogens is 393 g/mol. The average Bonchev–Trinajstić information content (AvgIpc) is 2.71. The molecule has 1 aliphatic rings. The van der Waals surface area contributed by atoms with Gasteiger partial charge >= 0.3 is 0 Å². The molecule has 3 rings (SSSR count). The lowest BCUT2D eigenvalue weighted by atomic mass is 10.1. The SMILES string of the molecule is NC(=O)C(Cc1ccc(Oc2ccc(F)cc2)cc1)NC(=O)CN1CCSCC1. The Labute approximate surface area is 173 Å². The first-order valence-corrected chi connectivity index (χ1v) is 10.6. The van der Waals surface area contributed by atoms with Crippen LogP contribution in [0.25, 0.3) is 0 Å². The number of nitrogens with zero attached hydrogens (tertiary/aromatic N) is 1. The number of hydrogen-bond donors (Lipinski definition) is 2. The van der Waals surface area contributed by atoms with Gasteiger partial charge in [-0.2, -0.15) is 11.8 Å². The van der Waals surface area contributed by atoms with Gasteiger partial charge in [-0.05, 0) is 42.0 Å². The van der Waals surface area contributed by atoms with Gasteiger partial charge in [-0.15, -0.1) is 0 Å². The number of ether oxygens (including phenoxy) is 1. The molecule has 1 atom stereocenters. The highest BCUT2D eigenvalue weighted by atomic mass is 32.2. The lowest BCUT2D eigenvalue weighted by Crippen LogP contribution is -2.50. The summed E-state index contributed by atoms with van der Waals surface area (Å²) < 4.78 is 18.6. The lowest BCUT2D eigenvalue weighted by molar-refractivity contribution is -0.128. The Hall–Kier alpha value is -2.58. The summed E-state index contributed by atoms with van der Waals surface area (Å²) in [5, 5.41) is 2.74. The summed E-state index contributed by atoms with van der Waals surface area (Å²) in [6, 6.07) is 12.1. The summed E-state index contributed by atoms with van der Waals surface area (Å²) in [6.07, 6.45) is 0.299. The number of nitrogens with two attached hydrogens (primary N) is 1. The quantitative estimate of drug-likeness (QED) is 0.688. The molecule has 1 fully saturated rings. The maximum Gasteiger partial charge on any atom is 0.240 e. The Kier molecular flexibility index (Phi) is 7.48. The largest absolute Gasteiger partial charge is 0.457 e. The van der Waals surface area contributed by atoms with Crippen molar-refractivity contribution in [2.24, 2.45) is 5.73 Å². The average molecular weight is 418 g/mol. The molecule has 2 amide bonds. The highest BCUT2D eigenvalue weighted by Gasteiger charge is 2.21. The predicted octanol–water partition coefficient (Wildman–Crippen LogP) is 2.18. The molecule has 0 aromatic heterocycles. The first-order valence-electron chi connectivity index (χ1n) is 9.41. The van der Waals surface area contributed by atoms with Crippen LogP contribution in [0.3, 0.4) is 0 Å². The van der Waals surface area contributed by atoms with Gasteiger partial charge in [0, 0.05) is 31.0 Å². The number of carbonyl (C=O) groups excluding carboxylic acids is 2. The number of thioether (sulfide) groups is 1. The van der Waals surface area contributed by atoms with Crippen LogP contribution in [-0.2, 0) is 16.0 Å². The summed E-state index contributed by atoms with van der Waals surface area (Å²) in [4.78, 5) is 26.2. The van der Waals surface area contributed by atoms with Crippen LogP contribution in [0.2, 0.25) is 0 Å². The molecule has 8 heteroatoms. The van der Waals surface area contributed by atoms with Crippen LogP contribution in [0, 0.1) is 5.82 Å². The normalized spacial score (nSPS) is 15.5. The van der Waals surface area contributed by atoms with Crippen molar-refractivity contribution in [1.82, 2.24) is 10.2 Å². The molecule has 0 saturated carbocycles. The summed E-state index contributed by atoms with van der Waals surface area (Å²) in [5.41, 5.74) is 6.33. The van der Waals surface area contributed by atoms with Crippen molar-refractivity contribution in [3.63, 3.8) is 0 Å². The van der Waals surface area contributed by atoms with Gasteiger partial charge in [0.05, 0.1) is 6.54 Å². The van der Waals surface area contributed by atoms with Gasteiger partial charge in [0.15, 0.2) is 0 Å². The lowest BCUT2D eigenvalue weighted by Gasteiger charge is -2.26. The molecule has 0 spiro atoms. The standard InChI is InChI=1S/C21H24FN3O3S/c22-16-3-7-18(8-4-16)28-17-5-1-15(2-6-17)13-19(21(23)27)24-20(26)14-25-9-11-29-12-10-25/h1-8,19H,9-14H2,(H2,23,27)(H,24,26). The van der Waals surface area contributed by atoms with Gasteiger partial charge in [-0.25, -0.2) is 4.39 Å². The van der Waals surface area contributed by atoms with E-state index in [9.17, 15) is 14.0 Å². The first-order chi connectivity index (χ1) is 14.0. The fourth-order valence-electron chi connectivity index (χ4n) is 2.99. The van der Waals surface area contributed by atoms with E-state index in [1.165, 1.54) is 12.1 Å². The zero-order chi connectivity index (χ0) is 20.6. The number of rotatable bonds is 8. The van der Waals surface area contributed by atoms with E-state index in [4.69, 9.17) is 10.5 Å². The van der Waals surface area contributed by atoms with Gasteiger partial charge in [0.2, 0.25) is 11.8 Å². The summed E-state index contributed by atoms with van der Waals surface area (Å²) in [7, 11) is 0. The van der Waals surface area contributed by atoms with Gasteiger partial charge in [-0.3, -0.25) is 14.5 Å². The first kappa shape index (κ1) is 21.1. The topological polar surface area (TPSA) is 84.7 Å². The highest BCUT2D eigenvalue weighted by molar-refractivity contribution is 7.99. The minimum atomic E-state index is -0.773. The Morgan fingerprint density at radius 1 is 1.07 bits per heavy atom. The minimum absolute atomic E-state index is 0.197. The predicted molar refractivity (Wildman–Crippen MR) is 112 cm³/mol. The monoisotopic (exact) mass is 417 g/mol. The highest BCUT2D eigenvalue weighted by Crippen LogP contribution is 2.22. The molecule has 1 unspecified atom stereocenters. The Morgan fingerprint density at radius 2 is 1.66 bits per heavy atom. The van der Waals surface area contributed by atoms with Crippen LogP contribution in [-0.4, -0.2) is 53.9 Å². The van der Waals surface area contributed by atoms with Gasteiger partial charge in [0.25, 0.3) is 0 Å². The molecule has 154 valence electrons. The van der Waals surface area contributed by atoms with E-state index in [0.29, 0.717) is 17.9 Å². The van der Waals surface area contributed by atoms with E-state index in [1.807, 2.05) is 23.9 Å². The molecule has 1 heterocycles. The van der Waals surface area contributed by atoms with Gasteiger partial charge < -0.3 is 15.8 Å². The van der Waals surface area contributed by atoms with Crippen LogP contribution in [0.1, 0.15) is 5.56 Å². The summed E-state index contributed by atoms with van der Waals surface area (Å²) in [6.45, 7) is 2.01. The number of amides is 2. The van der Waals surface area contributed by atoms with Crippen molar-refractivity contribution >= 4 is 23.6 Å². The van der Waals surface area contributed by atoms with Crippen LogP contribution in [0.15, 0.2) is 48.5 Å². The molecule has 29 heavy (non-hydrogen) atoms. The maximum atomic E-state index is 13.0. The third-order valence-corrected chi connectivity index (χ3v) is 5.50. The number of carbonyl (C=O) groups is 2. The van der Waals surface area contributed by atoms with Gasteiger partial charge in [0.1, 0.15) is 23.4 Å². The van der Waals surface area contributed by atoms with Crippen LogP contribution in [0.5, 0.6) is 11.5 Å². The number of nitrogens with one attached hydrogen (secondary N) is 1. The third kappa shape index (κ3) is 6.76. The fraction of sp³-hybridized carbons (Fsp3) is 0.333. The van der Waals surface area contributed by atoms with E-state index >= 15 is 0 Å². The Morgan fingerprint density at radius 3 is 2.24 bits per heavy atom. The maximum absolute atomic E-state index is 13.0. The molecule has 1 saturated heterocycles. The van der Waals surface area contributed by atoms with Crippen molar-refractivity contribution in [2.75, 3.05) is 31.1 Å². The molecule has 0 bridgehead atoms. The van der Waals surface area contributed by atoms with E-state index < -0.39 is 11.9 Å². The molecule has 1 aliphatic heterocycles. The van der Waals surface area contributed by atoms with E-state index in [1.54, 1.807) is 24.3 Å². The van der Waals surface area contributed by atoms with Crippen LogP contribution >= 0.6 is 11.8 Å². The second kappa shape index (κ2) is 10.3. The van der Waals surface area contributed by atoms with Crippen molar-refractivity contribution in [1.29, 1.82) is 0 Å². The van der Waals surface area contributed by atoms with Crippen molar-refractivity contribution in [3.05, 3.63) is 59.9 Å². The number of hydrogen-bond acceptors (Lipinski definition) is 5. The molecule has 3 N–H and O–H groups in total. The molecule has 2 aromatic rings. The zero-order valence-corrected chi connectivity index (χ0v) is 16.8. The van der Waals surface area contributed by atoms with Crippen molar-refractivity contribution in [2.45, 2.75) is 12.5 Å². The molecule has 2 aromatic carbocycles. The third-order valence-electron chi connectivity index (χ3n) is 4.56. The molecule has 0 radical (unpaired) electrons. The van der Waals surface area contributed by atoms with E-state index in [0.717, 1.165) is 30.2 Å². The Balaban J connectivity index is 1.54. The summed E-state index contributed by atoms with van der Waals surface area (Å²) in [5.74, 6) is 2.04. The van der Waals surface area contributed by atoms with Crippen LogP contribution in [0.4, 0.5) is 4.39 Å². The second-order valence-corrected chi connectivity index (χ2v) is 8.04.